The Morgan fingerprint density at radius 1 is 1.07 bits per heavy atom. The number of rotatable bonds is 7. The summed E-state index contributed by atoms with van der Waals surface area (Å²) in [5, 5.41) is 2.22. The number of hydrogen-bond acceptors (Lipinski definition) is 3. The molecule has 0 spiro atoms. The van der Waals surface area contributed by atoms with Crippen LogP contribution in [0, 0.1) is 6.92 Å². The lowest BCUT2D eigenvalue weighted by atomic mass is 10.1. The first-order valence-corrected chi connectivity index (χ1v) is 8.64. The van der Waals surface area contributed by atoms with Crippen molar-refractivity contribution in [2.75, 3.05) is 25.0 Å². The summed E-state index contributed by atoms with van der Waals surface area (Å²) in [5.74, 6) is -0.650. The molecular weight excluding hydrogens is 373 g/mol. The van der Waals surface area contributed by atoms with Gasteiger partial charge in [-0.15, -0.1) is 0 Å². The lowest BCUT2D eigenvalue weighted by Crippen LogP contribution is -2.40. The maximum atomic E-state index is 13.0. The van der Waals surface area contributed by atoms with E-state index in [1.807, 2.05) is 19.1 Å². The number of para-hydroxylation sites is 1. The van der Waals surface area contributed by atoms with Crippen molar-refractivity contribution in [1.82, 2.24) is 4.90 Å². The number of likely N-dealkylation sites (N-methyl/N-ethyl adjacent to an activating group) is 1. The summed E-state index contributed by atoms with van der Waals surface area (Å²) >= 11 is 0. The molecule has 0 saturated carbocycles. The van der Waals surface area contributed by atoms with E-state index in [9.17, 15) is 22.8 Å². The van der Waals surface area contributed by atoms with Crippen LogP contribution < -0.4 is 10.1 Å². The quantitative estimate of drug-likeness (QED) is 0.775. The molecule has 2 aromatic rings. The van der Waals surface area contributed by atoms with Gasteiger partial charge in [-0.1, -0.05) is 29.8 Å². The van der Waals surface area contributed by atoms with Crippen molar-refractivity contribution in [2.45, 2.75) is 20.0 Å². The predicted molar refractivity (Wildman–Crippen MR) is 99.0 cm³/mol. The number of carbonyl (C=O) groups excluding carboxylic acids is 2. The summed E-state index contributed by atoms with van der Waals surface area (Å²) in [6.45, 7) is 3.15. The largest absolute Gasteiger partial charge is 0.484 e. The number of amides is 2. The van der Waals surface area contributed by atoms with Gasteiger partial charge in [-0.3, -0.25) is 9.59 Å². The lowest BCUT2D eigenvalue weighted by molar-refractivity contribution is -0.137. The van der Waals surface area contributed by atoms with E-state index < -0.39 is 23.6 Å². The molecule has 0 aliphatic rings. The van der Waals surface area contributed by atoms with Gasteiger partial charge in [0.05, 0.1) is 17.8 Å². The van der Waals surface area contributed by atoms with E-state index in [4.69, 9.17) is 4.74 Å². The Morgan fingerprint density at radius 2 is 1.71 bits per heavy atom. The highest BCUT2D eigenvalue weighted by Gasteiger charge is 2.33. The smallest absolute Gasteiger partial charge is 0.418 e. The number of aryl methyl sites for hydroxylation is 1. The molecule has 150 valence electrons. The van der Waals surface area contributed by atoms with Crippen LogP contribution in [0.15, 0.2) is 48.5 Å². The number of benzene rings is 2. The van der Waals surface area contributed by atoms with Gasteiger partial charge in [-0.2, -0.15) is 13.2 Å². The van der Waals surface area contributed by atoms with Crippen LogP contribution in [0.2, 0.25) is 0 Å². The first kappa shape index (κ1) is 21.3. The number of nitrogens with one attached hydrogen (secondary N) is 1. The van der Waals surface area contributed by atoms with Crippen LogP contribution in [0.4, 0.5) is 18.9 Å². The van der Waals surface area contributed by atoms with E-state index in [1.54, 1.807) is 19.1 Å². The minimum Gasteiger partial charge on any atom is -0.484 e. The molecule has 0 unspecified atom stereocenters. The van der Waals surface area contributed by atoms with Crippen molar-refractivity contribution < 1.29 is 27.5 Å². The molecule has 0 bridgehead atoms. The first-order valence-electron chi connectivity index (χ1n) is 8.64. The molecular formula is C20H21F3N2O3. The number of anilines is 1. The van der Waals surface area contributed by atoms with E-state index >= 15 is 0 Å². The zero-order valence-electron chi connectivity index (χ0n) is 15.5. The maximum absolute atomic E-state index is 13.0. The van der Waals surface area contributed by atoms with Crippen LogP contribution in [-0.4, -0.2) is 36.4 Å². The minimum atomic E-state index is -4.59. The van der Waals surface area contributed by atoms with E-state index in [0.29, 0.717) is 5.75 Å². The zero-order valence-corrected chi connectivity index (χ0v) is 15.5. The molecule has 0 aromatic heterocycles. The van der Waals surface area contributed by atoms with Gasteiger partial charge in [-0.05, 0) is 38.1 Å². The van der Waals surface area contributed by atoms with Gasteiger partial charge in [0.2, 0.25) is 5.91 Å². The minimum absolute atomic E-state index is 0.213. The lowest BCUT2D eigenvalue weighted by Gasteiger charge is -2.21. The fourth-order valence-electron chi connectivity index (χ4n) is 2.45. The molecule has 0 aliphatic carbocycles. The van der Waals surface area contributed by atoms with Gasteiger partial charge in [0.25, 0.3) is 5.91 Å². The normalized spacial score (nSPS) is 11.0. The maximum Gasteiger partial charge on any atom is 0.418 e. The Kier molecular flexibility index (Phi) is 7.03. The Hall–Kier alpha value is -3.03. The van der Waals surface area contributed by atoms with E-state index in [-0.39, 0.29) is 25.4 Å². The third-order valence-corrected chi connectivity index (χ3v) is 3.96. The molecule has 28 heavy (non-hydrogen) atoms. The number of alkyl halides is 3. The number of halogens is 3. The third kappa shape index (κ3) is 6.00. The molecule has 0 heterocycles. The van der Waals surface area contributed by atoms with Crippen LogP contribution in [0.3, 0.4) is 0 Å². The van der Waals surface area contributed by atoms with E-state index in [2.05, 4.69) is 5.32 Å². The summed E-state index contributed by atoms with van der Waals surface area (Å²) in [4.78, 5) is 25.6. The molecule has 2 aromatic carbocycles. The van der Waals surface area contributed by atoms with Gasteiger partial charge in [0.15, 0.2) is 6.61 Å². The molecule has 0 atom stereocenters. The average Bonchev–Trinajstić information content (AvgIpc) is 2.65. The molecule has 0 fully saturated rings. The van der Waals surface area contributed by atoms with E-state index in [1.165, 1.54) is 23.1 Å². The number of hydrogen-bond donors (Lipinski definition) is 1. The molecule has 1 N–H and O–H groups in total. The Balaban J connectivity index is 1.95. The monoisotopic (exact) mass is 394 g/mol. The number of ether oxygens (including phenoxy) is 1. The van der Waals surface area contributed by atoms with Crippen molar-refractivity contribution in [3.63, 3.8) is 0 Å². The fraction of sp³-hybridized carbons (Fsp3) is 0.300. The van der Waals surface area contributed by atoms with Gasteiger partial charge in [-0.25, -0.2) is 0 Å². The Morgan fingerprint density at radius 3 is 2.32 bits per heavy atom. The standard InChI is InChI=1S/C20H21F3N2O3/c1-3-25(19(27)13-28-15-10-8-14(2)9-11-15)12-18(26)24-17-7-5-4-6-16(17)20(21,22)23/h4-11H,3,12-13H2,1-2H3,(H,24,26). The van der Waals surface area contributed by atoms with Gasteiger partial charge in [0, 0.05) is 6.54 Å². The summed E-state index contributed by atoms with van der Waals surface area (Å²) in [7, 11) is 0. The van der Waals surface area contributed by atoms with Crippen LogP contribution in [-0.2, 0) is 15.8 Å². The van der Waals surface area contributed by atoms with Crippen molar-refractivity contribution in [3.8, 4) is 5.75 Å². The Bertz CT molecular complexity index is 820. The van der Waals surface area contributed by atoms with Crippen LogP contribution in [0.5, 0.6) is 5.75 Å². The molecule has 0 radical (unpaired) electrons. The topological polar surface area (TPSA) is 58.6 Å². The highest BCUT2D eigenvalue weighted by molar-refractivity contribution is 5.95. The van der Waals surface area contributed by atoms with Crippen molar-refractivity contribution in [1.29, 1.82) is 0 Å². The van der Waals surface area contributed by atoms with Crippen molar-refractivity contribution in [3.05, 3.63) is 59.7 Å². The van der Waals surface area contributed by atoms with Gasteiger partial charge in [0.1, 0.15) is 5.75 Å². The number of nitrogens with zero attached hydrogens (tertiary/aromatic N) is 1. The third-order valence-electron chi connectivity index (χ3n) is 3.96. The van der Waals surface area contributed by atoms with Gasteiger partial charge >= 0.3 is 6.18 Å². The van der Waals surface area contributed by atoms with Crippen molar-refractivity contribution >= 4 is 17.5 Å². The van der Waals surface area contributed by atoms with Crippen molar-refractivity contribution in [2.24, 2.45) is 0 Å². The summed E-state index contributed by atoms with van der Waals surface area (Å²) in [6.07, 6.45) is -4.59. The van der Waals surface area contributed by atoms with E-state index in [0.717, 1.165) is 11.6 Å². The Labute approximate surface area is 161 Å². The second-order valence-corrected chi connectivity index (χ2v) is 6.10. The molecule has 0 saturated heterocycles. The van der Waals surface area contributed by atoms with Crippen LogP contribution in [0.1, 0.15) is 18.1 Å². The summed E-state index contributed by atoms with van der Waals surface area (Å²) < 4.78 is 44.4. The predicted octanol–water partition coefficient (Wildman–Crippen LogP) is 3.88. The molecule has 2 rings (SSSR count). The number of carbonyl (C=O) groups is 2. The fourth-order valence-corrected chi connectivity index (χ4v) is 2.45. The van der Waals surface area contributed by atoms with Crippen LogP contribution >= 0.6 is 0 Å². The highest BCUT2D eigenvalue weighted by atomic mass is 19.4. The molecule has 2 amide bonds. The zero-order chi connectivity index (χ0) is 20.7. The molecule has 0 aliphatic heterocycles. The second kappa shape index (κ2) is 9.25. The molecule has 8 heteroatoms. The first-order chi connectivity index (χ1) is 13.2. The summed E-state index contributed by atoms with van der Waals surface area (Å²) in [6, 6.07) is 11.8. The van der Waals surface area contributed by atoms with Gasteiger partial charge < -0.3 is 15.0 Å². The SMILES string of the molecule is CCN(CC(=O)Nc1ccccc1C(F)(F)F)C(=O)COc1ccc(C)cc1. The average molecular weight is 394 g/mol. The summed E-state index contributed by atoms with van der Waals surface area (Å²) in [5.41, 5.74) is -0.246. The second-order valence-electron chi connectivity index (χ2n) is 6.10. The molecule has 5 nitrogen and oxygen atoms in total. The highest BCUT2D eigenvalue weighted by Crippen LogP contribution is 2.34. The van der Waals surface area contributed by atoms with Crippen LogP contribution in [0.25, 0.3) is 0 Å².